The fraction of sp³-hybridized carbons (Fsp3) is 0.517. The lowest BCUT2D eigenvalue weighted by atomic mass is 9.91. The summed E-state index contributed by atoms with van der Waals surface area (Å²) in [7, 11) is 0. The molecule has 0 spiro atoms. The normalized spacial score (nSPS) is 12.2. The van der Waals surface area contributed by atoms with E-state index in [1.54, 1.807) is 0 Å². The molecule has 5 rings (SSSR count). The van der Waals surface area contributed by atoms with Gasteiger partial charge in [0.25, 0.3) is 0 Å². The van der Waals surface area contributed by atoms with Crippen LogP contribution in [0.1, 0.15) is 187 Å². The molecule has 0 amide bonds. The van der Waals surface area contributed by atoms with E-state index in [1.165, 1.54) is 122 Å². The summed E-state index contributed by atoms with van der Waals surface area (Å²) in [6, 6.07) is 27.0. The van der Waals surface area contributed by atoms with E-state index in [1.807, 2.05) is 12.2 Å². The van der Waals surface area contributed by atoms with Gasteiger partial charge in [0.1, 0.15) is 23.0 Å². The molecule has 0 atom stereocenters. The molecule has 0 saturated heterocycles. The third kappa shape index (κ3) is 16.0. The summed E-state index contributed by atoms with van der Waals surface area (Å²) < 4.78 is 27.4. The Bertz CT molecular complexity index is 1670. The maximum Gasteiger partial charge on any atom is 0.126 e. The topological polar surface area (TPSA) is 36.9 Å². The van der Waals surface area contributed by atoms with Crippen molar-refractivity contribution in [3.8, 4) is 23.0 Å². The van der Waals surface area contributed by atoms with Crippen LogP contribution in [0.15, 0.2) is 98.1 Å². The van der Waals surface area contributed by atoms with Gasteiger partial charge >= 0.3 is 0 Å². The van der Waals surface area contributed by atoms with Crippen LogP contribution >= 0.6 is 0 Å². The van der Waals surface area contributed by atoms with Gasteiger partial charge in [-0.3, -0.25) is 0 Å². The highest BCUT2D eigenvalue weighted by Crippen LogP contribution is 2.39. The van der Waals surface area contributed by atoms with Crippen LogP contribution in [0.2, 0.25) is 0 Å². The number of ether oxygens (including phenoxy) is 4. The van der Waals surface area contributed by atoms with E-state index in [0.717, 1.165) is 100 Å². The molecule has 0 radical (unpaired) electrons. The van der Waals surface area contributed by atoms with Crippen molar-refractivity contribution in [2.45, 2.75) is 168 Å². The third-order valence-corrected chi connectivity index (χ3v) is 12.3. The van der Waals surface area contributed by atoms with Crippen LogP contribution in [0.5, 0.6) is 23.0 Å². The lowest BCUT2D eigenvalue weighted by Gasteiger charge is -2.23. The molecular weight excluding hydrogens is 761 g/mol. The lowest BCUT2D eigenvalue weighted by Crippen LogP contribution is -2.10. The van der Waals surface area contributed by atoms with Crippen molar-refractivity contribution >= 4 is 0 Å². The van der Waals surface area contributed by atoms with E-state index >= 15 is 0 Å². The molecule has 0 heterocycles. The largest absolute Gasteiger partial charge is 0.493 e. The number of rotatable bonds is 30. The first-order chi connectivity index (χ1) is 30.7. The van der Waals surface area contributed by atoms with E-state index in [-0.39, 0.29) is 0 Å². The molecule has 1 aliphatic rings. The highest BCUT2D eigenvalue weighted by atomic mass is 16.5. The van der Waals surface area contributed by atoms with Gasteiger partial charge in [0.2, 0.25) is 0 Å². The van der Waals surface area contributed by atoms with E-state index in [0.29, 0.717) is 26.4 Å². The van der Waals surface area contributed by atoms with Gasteiger partial charge in [-0.2, -0.15) is 0 Å². The molecule has 0 aliphatic heterocycles. The van der Waals surface area contributed by atoms with Crippen molar-refractivity contribution in [1.82, 2.24) is 0 Å². The number of unbranched alkanes of at least 4 members (excludes halogenated alkanes) is 16. The van der Waals surface area contributed by atoms with Crippen molar-refractivity contribution in [3.63, 3.8) is 0 Å². The summed E-state index contributed by atoms with van der Waals surface area (Å²) in [5, 5.41) is 0. The number of allylic oxidation sites excluding steroid dienone is 2. The lowest BCUT2D eigenvalue weighted by molar-refractivity contribution is 0.294. The van der Waals surface area contributed by atoms with Crippen LogP contribution < -0.4 is 18.9 Å². The zero-order chi connectivity index (χ0) is 43.5. The molecule has 0 fully saturated rings. The summed E-state index contributed by atoms with van der Waals surface area (Å²) in [5.74, 6) is 4.07. The second-order valence-corrected chi connectivity index (χ2v) is 17.5. The molecule has 0 N–H and O–H groups in total. The number of hydrogen-bond acceptors (Lipinski definition) is 4. The first-order valence-electron chi connectivity index (χ1n) is 24.8. The van der Waals surface area contributed by atoms with Crippen molar-refractivity contribution in [2.75, 3.05) is 26.4 Å². The fourth-order valence-electron chi connectivity index (χ4n) is 8.76. The number of hydrogen-bond donors (Lipinski definition) is 0. The van der Waals surface area contributed by atoms with E-state index < -0.39 is 0 Å². The molecule has 4 aromatic carbocycles. The van der Waals surface area contributed by atoms with E-state index in [4.69, 9.17) is 18.9 Å². The summed E-state index contributed by atoms with van der Waals surface area (Å²) in [4.78, 5) is 0. The zero-order valence-corrected chi connectivity index (χ0v) is 38.9. The molecular formula is C58H80O4. The maximum atomic E-state index is 6.92. The van der Waals surface area contributed by atoms with Gasteiger partial charge in [-0.05, 0) is 95.9 Å². The molecule has 0 saturated carbocycles. The molecule has 8 bridgehead atoms. The predicted molar refractivity (Wildman–Crippen MR) is 263 cm³/mol. The molecule has 0 unspecified atom stereocenters. The second-order valence-electron chi connectivity index (χ2n) is 17.5. The minimum Gasteiger partial charge on any atom is -0.493 e. The Balaban J connectivity index is 1.48. The van der Waals surface area contributed by atoms with Gasteiger partial charge in [-0.1, -0.05) is 176 Å². The van der Waals surface area contributed by atoms with Gasteiger partial charge in [0, 0.05) is 25.7 Å². The zero-order valence-electron chi connectivity index (χ0n) is 38.9. The molecule has 62 heavy (non-hydrogen) atoms. The molecule has 4 aromatic rings. The summed E-state index contributed by atoms with van der Waals surface area (Å²) in [5.41, 5.74) is 9.66. The minimum absolute atomic E-state index is 0.700. The van der Waals surface area contributed by atoms with E-state index in [9.17, 15) is 0 Å². The van der Waals surface area contributed by atoms with Crippen molar-refractivity contribution < 1.29 is 18.9 Å². The Labute approximate surface area is 377 Å². The molecule has 336 valence electrons. The van der Waals surface area contributed by atoms with Gasteiger partial charge in [0.05, 0.1) is 26.4 Å². The van der Waals surface area contributed by atoms with Crippen LogP contribution in [-0.4, -0.2) is 26.4 Å². The van der Waals surface area contributed by atoms with Gasteiger partial charge < -0.3 is 18.9 Å². The molecule has 4 heteroatoms. The Hall–Kier alpha value is -4.44. The Morgan fingerprint density at radius 1 is 0.339 bits per heavy atom. The maximum absolute atomic E-state index is 6.92. The quantitative estimate of drug-likeness (QED) is 0.0341. The standard InChI is InChI=1S/C58H80O4/c1-5-9-13-15-17-19-21-23-25-41-61-57-51-35-29-36-52(57)44-48-32-28-34-50(56(48)60-40-12-8-4)46-54-38-30-37-53(58(54)62-42-26-24-22-20-18-16-14-10-6-2)45-49-33-27-31-47(43-51)55(49)59-39-11-7-3/h5-6,27-38H,1-2,7-26,39-46H2,3-4H3. The average molecular weight is 841 g/mol. The van der Waals surface area contributed by atoms with Crippen molar-refractivity contribution in [1.29, 1.82) is 0 Å². The first kappa shape index (κ1) is 48.6. The van der Waals surface area contributed by atoms with Crippen LogP contribution in [-0.2, 0) is 25.7 Å². The Morgan fingerprint density at radius 3 is 0.806 bits per heavy atom. The summed E-state index contributed by atoms with van der Waals surface area (Å²) >= 11 is 0. The number of para-hydroxylation sites is 4. The van der Waals surface area contributed by atoms with Gasteiger partial charge in [0.15, 0.2) is 0 Å². The fourth-order valence-corrected chi connectivity index (χ4v) is 8.76. The van der Waals surface area contributed by atoms with Crippen molar-refractivity contribution in [3.05, 3.63) is 143 Å². The smallest absolute Gasteiger partial charge is 0.126 e. The van der Waals surface area contributed by atoms with Crippen molar-refractivity contribution in [2.24, 2.45) is 0 Å². The SMILES string of the molecule is C=CCCCCCCCCCOc1c2cccc1Cc1cccc(c1OCCCC)Cc1cccc(c1OCCCCCCCCCC=C)Cc1cccc(c1OCCCC)C2. The van der Waals surface area contributed by atoms with Crippen LogP contribution in [0.25, 0.3) is 0 Å². The first-order valence-corrected chi connectivity index (χ1v) is 24.8. The van der Waals surface area contributed by atoms with Gasteiger partial charge in [-0.25, -0.2) is 0 Å². The molecule has 4 nitrogen and oxygen atoms in total. The predicted octanol–water partition coefficient (Wildman–Crippen LogP) is 16.1. The Kier molecular flexibility index (Phi) is 22.7. The van der Waals surface area contributed by atoms with Gasteiger partial charge in [-0.15, -0.1) is 13.2 Å². The highest BCUT2D eigenvalue weighted by Gasteiger charge is 2.22. The minimum atomic E-state index is 0.700. The van der Waals surface area contributed by atoms with Crippen LogP contribution in [0, 0.1) is 0 Å². The average Bonchev–Trinajstić information content (AvgIpc) is 3.28. The number of fused-ring (bicyclic) bond motifs is 8. The summed E-state index contributed by atoms with van der Waals surface area (Å²) in [6.07, 6.45) is 30.8. The van der Waals surface area contributed by atoms with E-state index in [2.05, 4.69) is 99.8 Å². The highest BCUT2D eigenvalue weighted by molar-refractivity contribution is 5.56. The van der Waals surface area contributed by atoms with Crippen LogP contribution in [0.4, 0.5) is 0 Å². The Morgan fingerprint density at radius 2 is 0.565 bits per heavy atom. The third-order valence-electron chi connectivity index (χ3n) is 12.3. The number of benzene rings is 4. The molecule has 0 aromatic heterocycles. The second kappa shape index (κ2) is 29.0. The van der Waals surface area contributed by atoms with Crippen LogP contribution in [0.3, 0.4) is 0 Å². The summed E-state index contributed by atoms with van der Waals surface area (Å²) in [6.45, 7) is 15.0. The molecule has 1 aliphatic carbocycles. The monoisotopic (exact) mass is 841 g/mol.